The molecule has 178 valence electrons. The first-order valence-electron chi connectivity index (χ1n) is 11.0. The molecule has 2 amide bonds. The van der Waals surface area contributed by atoms with Crippen LogP contribution in [-0.2, 0) is 12.5 Å². The first-order chi connectivity index (χ1) is 15.9. The van der Waals surface area contributed by atoms with Gasteiger partial charge in [0.25, 0.3) is 5.91 Å². The Morgan fingerprint density at radius 3 is 2.38 bits per heavy atom. The molecule has 0 radical (unpaired) electrons. The van der Waals surface area contributed by atoms with Crippen LogP contribution in [0.25, 0.3) is 0 Å². The van der Waals surface area contributed by atoms with Gasteiger partial charge < -0.3 is 16.2 Å². The third-order valence-electron chi connectivity index (χ3n) is 6.02. The first-order valence-corrected chi connectivity index (χ1v) is 11.0. The molecule has 1 atom stereocenters. The maximum absolute atomic E-state index is 12.8. The molecule has 8 nitrogen and oxygen atoms in total. The summed E-state index contributed by atoms with van der Waals surface area (Å²) in [5.74, 6) is -2.25. The van der Waals surface area contributed by atoms with E-state index >= 15 is 0 Å². The standard InChI is InChI=1S/C21H22N2O4.C5H8N2/c1-11-10-21(2,3)15-5-4-6-16(17(11)15)23-19(25)13-8-7-12(20(26)27)9-14(13)18(22)24;1-5-3-4-7(2)6-5/h4-9,11H,10H2,1-3H3,(H2,22,24)(H,23,25)(H,26,27);3-4H,1-2H3. The van der Waals surface area contributed by atoms with Crippen LogP contribution in [0.15, 0.2) is 48.7 Å². The molecule has 1 aliphatic rings. The molecule has 1 heterocycles. The molecular weight excluding hydrogens is 432 g/mol. The van der Waals surface area contributed by atoms with Crippen molar-refractivity contribution in [2.24, 2.45) is 12.8 Å². The number of nitrogens with one attached hydrogen (secondary N) is 1. The van der Waals surface area contributed by atoms with E-state index in [4.69, 9.17) is 10.8 Å². The molecule has 4 N–H and O–H groups in total. The monoisotopic (exact) mass is 462 g/mol. The second-order valence-corrected chi connectivity index (χ2v) is 9.27. The Hall–Kier alpha value is -3.94. The third kappa shape index (κ3) is 5.17. The van der Waals surface area contributed by atoms with Crippen LogP contribution in [0.4, 0.5) is 5.69 Å². The number of carboxylic acids is 1. The van der Waals surface area contributed by atoms with Gasteiger partial charge >= 0.3 is 5.97 Å². The Kier molecular flexibility index (Phi) is 6.91. The number of carbonyl (C=O) groups excluding carboxylic acids is 2. The summed E-state index contributed by atoms with van der Waals surface area (Å²) in [6.45, 7) is 8.45. The van der Waals surface area contributed by atoms with Crippen LogP contribution in [0.2, 0.25) is 0 Å². The van der Waals surface area contributed by atoms with Crippen LogP contribution < -0.4 is 11.1 Å². The Balaban J connectivity index is 0.000000396. The number of primary amides is 1. The largest absolute Gasteiger partial charge is 0.478 e. The van der Waals surface area contributed by atoms with Crippen molar-refractivity contribution in [3.05, 3.63) is 82.2 Å². The van der Waals surface area contributed by atoms with Gasteiger partial charge in [-0.25, -0.2) is 4.79 Å². The van der Waals surface area contributed by atoms with Crippen LogP contribution in [-0.4, -0.2) is 32.7 Å². The van der Waals surface area contributed by atoms with Gasteiger partial charge in [-0.2, -0.15) is 5.10 Å². The Labute approximate surface area is 198 Å². The van der Waals surface area contributed by atoms with Gasteiger partial charge in [0.05, 0.1) is 22.4 Å². The van der Waals surface area contributed by atoms with Gasteiger partial charge in [-0.1, -0.05) is 32.9 Å². The highest BCUT2D eigenvalue weighted by molar-refractivity contribution is 6.13. The van der Waals surface area contributed by atoms with E-state index in [1.54, 1.807) is 4.68 Å². The normalized spacial score (nSPS) is 15.6. The van der Waals surface area contributed by atoms with E-state index in [1.165, 1.54) is 17.7 Å². The number of nitrogens with zero attached hydrogens (tertiary/aromatic N) is 2. The second kappa shape index (κ2) is 9.51. The first kappa shape index (κ1) is 24.7. The average molecular weight is 463 g/mol. The molecule has 0 aliphatic heterocycles. The van der Waals surface area contributed by atoms with Crippen LogP contribution >= 0.6 is 0 Å². The van der Waals surface area contributed by atoms with Crippen LogP contribution in [0.5, 0.6) is 0 Å². The molecule has 0 bridgehead atoms. The molecular formula is C26H30N4O4. The van der Waals surface area contributed by atoms with Crippen molar-refractivity contribution in [2.75, 3.05) is 5.32 Å². The summed E-state index contributed by atoms with van der Waals surface area (Å²) in [5.41, 5.74) is 9.28. The Morgan fingerprint density at radius 2 is 1.85 bits per heavy atom. The number of hydrogen-bond acceptors (Lipinski definition) is 4. The topological polar surface area (TPSA) is 127 Å². The van der Waals surface area contributed by atoms with Gasteiger partial charge in [-0.05, 0) is 66.1 Å². The summed E-state index contributed by atoms with van der Waals surface area (Å²) >= 11 is 0. The maximum atomic E-state index is 12.8. The summed E-state index contributed by atoms with van der Waals surface area (Å²) in [6, 6.07) is 11.5. The van der Waals surface area contributed by atoms with Crippen molar-refractivity contribution in [1.82, 2.24) is 9.78 Å². The number of aromatic nitrogens is 2. The molecule has 0 saturated carbocycles. The molecule has 1 aliphatic carbocycles. The SMILES string of the molecule is CC1CC(C)(C)c2cccc(NC(=O)c3ccc(C(=O)O)cc3C(N)=O)c21.Cc1ccn(C)n1. The number of aromatic carboxylic acids is 1. The fourth-order valence-electron chi connectivity index (χ4n) is 4.57. The van der Waals surface area contributed by atoms with Gasteiger partial charge in [0.15, 0.2) is 0 Å². The molecule has 4 rings (SSSR count). The smallest absolute Gasteiger partial charge is 0.335 e. The number of anilines is 1. The highest BCUT2D eigenvalue weighted by Gasteiger charge is 2.36. The lowest BCUT2D eigenvalue weighted by Gasteiger charge is -2.19. The summed E-state index contributed by atoms with van der Waals surface area (Å²) < 4.78 is 1.79. The number of carbonyl (C=O) groups is 3. The number of fused-ring (bicyclic) bond motifs is 1. The minimum Gasteiger partial charge on any atom is -0.478 e. The quantitative estimate of drug-likeness (QED) is 0.534. The predicted molar refractivity (Wildman–Crippen MR) is 130 cm³/mol. The van der Waals surface area contributed by atoms with Crippen molar-refractivity contribution in [2.45, 2.75) is 45.4 Å². The third-order valence-corrected chi connectivity index (χ3v) is 6.02. The van der Waals surface area contributed by atoms with E-state index in [2.05, 4.69) is 37.3 Å². The van der Waals surface area contributed by atoms with Gasteiger partial charge in [0.2, 0.25) is 5.91 Å². The fourth-order valence-corrected chi connectivity index (χ4v) is 4.57. The zero-order valence-electron chi connectivity index (χ0n) is 20.0. The second-order valence-electron chi connectivity index (χ2n) is 9.27. The summed E-state index contributed by atoms with van der Waals surface area (Å²) in [7, 11) is 1.91. The highest BCUT2D eigenvalue weighted by atomic mass is 16.4. The molecule has 0 fully saturated rings. The Morgan fingerprint density at radius 1 is 1.15 bits per heavy atom. The number of hydrogen-bond donors (Lipinski definition) is 3. The van der Waals surface area contributed by atoms with E-state index in [-0.39, 0.29) is 28.0 Å². The van der Waals surface area contributed by atoms with Gasteiger partial charge in [0, 0.05) is 18.9 Å². The number of rotatable bonds is 4. The lowest BCUT2D eigenvalue weighted by atomic mass is 9.86. The number of aryl methyl sites for hydroxylation is 2. The van der Waals surface area contributed by atoms with E-state index < -0.39 is 17.8 Å². The predicted octanol–water partition coefficient (Wildman–Crippen LogP) is 4.25. The average Bonchev–Trinajstić information content (AvgIpc) is 3.26. The molecule has 0 spiro atoms. The number of carboxylic acid groups (broad SMARTS) is 1. The summed E-state index contributed by atoms with van der Waals surface area (Å²) in [4.78, 5) is 35.7. The number of amides is 2. The van der Waals surface area contributed by atoms with E-state index in [9.17, 15) is 14.4 Å². The molecule has 2 aromatic carbocycles. The van der Waals surface area contributed by atoms with Crippen molar-refractivity contribution in [3.8, 4) is 0 Å². The van der Waals surface area contributed by atoms with E-state index in [0.29, 0.717) is 5.69 Å². The van der Waals surface area contributed by atoms with Crippen molar-refractivity contribution < 1.29 is 19.5 Å². The van der Waals surface area contributed by atoms with E-state index in [0.717, 1.165) is 23.7 Å². The zero-order valence-corrected chi connectivity index (χ0v) is 20.0. The minimum atomic E-state index is -1.19. The zero-order chi connectivity index (χ0) is 25.2. The van der Waals surface area contributed by atoms with Crippen LogP contribution in [0.1, 0.15) is 81.0 Å². The van der Waals surface area contributed by atoms with Gasteiger partial charge in [0.1, 0.15) is 0 Å². The molecule has 34 heavy (non-hydrogen) atoms. The maximum Gasteiger partial charge on any atom is 0.335 e. The molecule has 1 unspecified atom stereocenters. The fraction of sp³-hybridized carbons (Fsp3) is 0.308. The number of benzene rings is 2. The van der Waals surface area contributed by atoms with Crippen LogP contribution in [0.3, 0.4) is 0 Å². The molecule has 1 aromatic heterocycles. The number of nitrogens with two attached hydrogens (primary N) is 1. The Bertz CT molecular complexity index is 1240. The van der Waals surface area contributed by atoms with Gasteiger partial charge in [-0.15, -0.1) is 0 Å². The lowest BCUT2D eigenvalue weighted by Crippen LogP contribution is -2.21. The van der Waals surface area contributed by atoms with Gasteiger partial charge in [-0.3, -0.25) is 14.3 Å². The van der Waals surface area contributed by atoms with Crippen molar-refractivity contribution in [3.63, 3.8) is 0 Å². The molecule has 3 aromatic rings. The van der Waals surface area contributed by atoms with Crippen molar-refractivity contribution in [1.29, 1.82) is 0 Å². The highest BCUT2D eigenvalue weighted by Crippen LogP contribution is 2.48. The molecule has 8 heteroatoms. The summed E-state index contributed by atoms with van der Waals surface area (Å²) in [5, 5.41) is 16.0. The van der Waals surface area contributed by atoms with E-state index in [1.807, 2.05) is 38.4 Å². The van der Waals surface area contributed by atoms with Crippen LogP contribution in [0, 0.1) is 6.92 Å². The molecule has 0 saturated heterocycles. The minimum absolute atomic E-state index is 0.0248. The van der Waals surface area contributed by atoms with Crippen molar-refractivity contribution >= 4 is 23.5 Å². The lowest BCUT2D eigenvalue weighted by molar-refractivity contribution is 0.0696. The summed E-state index contributed by atoms with van der Waals surface area (Å²) in [6.07, 6.45) is 2.91.